The Balaban J connectivity index is 1.76. The third kappa shape index (κ3) is 2.44. The molecule has 4 heteroatoms. The third-order valence-corrected chi connectivity index (χ3v) is 4.74. The molecule has 0 radical (unpaired) electrons. The average Bonchev–Trinajstić information content (AvgIpc) is 2.76. The van der Waals surface area contributed by atoms with Gasteiger partial charge < -0.3 is 10.2 Å². The van der Waals surface area contributed by atoms with Crippen molar-refractivity contribution in [2.45, 2.75) is 50.7 Å². The van der Waals surface area contributed by atoms with Gasteiger partial charge in [0.15, 0.2) is 0 Å². The Kier molecular flexibility index (Phi) is 3.50. The van der Waals surface area contributed by atoms with Crippen molar-refractivity contribution < 1.29 is 9.18 Å². The summed E-state index contributed by atoms with van der Waals surface area (Å²) in [6.07, 6.45) is 4.50. The van der Waals surface area contributed by atoms with E-state index in [1.807, 2.05) is 11.9 Å². The molecule has 0 saturated carbocycles. The molecule has 20 heavy (non-hydrogen) atoms. The SMILES string of the molecule is Cc1cc(F)ccc1C(=O)N(C)C1CC2CCC(C1)N2. The van der Waals surface area contributed by atoms with Crippen molar-refractivity contribution in [2.75, 3.05) is 7.05 Å². The number of rotatable bonds is 2. The summed E-state index contributed by atoms with van der Waals surface area (Å²) in [5, 5.41) is 3.59. The molecular weight excluding hydrogens is 255 g/mol. The van der Waals surface area contributed by atoms with Crippen LogP contribution in [0.3, 0.4) is 0 Å². The molecule has 2 heterocycles. The first kappa shape index (κ1) is 13.6. The Labute approximate surface area is 119 Å². The first-order valence-corrected chi connectivity index (χ1v) is 7.34. The minimum Gasteiger partial charge on any atom is -0.339 e. The summed E-state index contributed by atoms with van der Waals surface area (Å²) >= 11 is 0. The van der Waals surface area contributed by atoms with Gasteiger partial charge in [-0.2, -0.15) is 0 Å². The maximum atomic E-state index is 13.1. The van der Waals surface area contributed by atoms with Gasteiger partial charge in [0.25, 0.3) is 5.91 Å². The molecule has 1 aromatic rings. The molecule has 2 bridgehead atoms. The highest BCUT2D eigenvalue weighted by molar-refractivity contribution is 5.95. The third-order valence-electron chi connectivity index (χ3n) is 4.74. The largest absolute Gasteiger partial charge is 0.339 e. The number of carbonyl (C=O) groups is 1. The van der Waals surface area contributed by atoms with Crippen LogP contribution in [-0.4, -0.2) is 36.0 Å². The minimum atomic E-state index is -0.290. The number of benzene rings is 1. The number of aryl methyl sites for hydroxylation is 1. The van der Waals surface area contributed by atoms with Crippen LogP contribution in [-0.2, 0) is 0 Å². The smallest absolute Gasteiger partial charge is 0.254 e. The summed E-state index contributed by atoms with van der Waals surface area (Å²) in [5.74, 6) is -0.282. The van der Waals surface area contributed by atoms with E-state index < -0.39 is 0 Å². The lowest BCUT2D eigenvalue weighted by Crippen LogP contribution is -2.48. The second-order valence-electron chi connectivity index (χ2n) is 6.14. The molecule has 3 nitrogen and oxygen atoms in total. The van der Waals surface area contributed by atoms with Crippen LogP contribution >= 0.6 is 0 Å². The fourth-order valence-electron chi connectivity index (χ4n) is 3.57. The van der Waals surface area contributed by atoms with Gasteiger partial charge in [-0.3, -0.25) is 4.79 Å². The van der Waals surface area contributed by atoms with Gasteiger partial charge in [0.1, 0.15) is 5.82 Å². The molecule has 2 aliphatic heterocycles. The number of nitrogens with zero attached hydrogens (tertiary/aromatic N) is 1. The molecule has 2 fully saturated rings. The van der Waals surface area contributed by atoms with Gasteiger partial charge in [-0.25, -0.2) is 4.39 Å². The van der Waals surface area contributed by atoms with Crippen LogP contribution in [0.15, 0.2) is 18.2 Å². The maximum Gasteiger partial charge on any atom is 0.254 e. The number of fused-ring (bicyclic) bond motifs is 2. The van der Waals surface area contributed by atoms with Gasteiger partial charge in [0.2, 0.25) is 0 Å². The highest BCUT2D eigenvalue weighted by Crippen LogP contribution is 2.30. The summed E-state index contributed by atoms with van der Waals surface area (Å²) in [6, 6.07) is 5.80. The van der Waals surface area contributed by atoms with Crippen molar-refractivity contribution in [2.24, 2.45) is 0 Å². The predicted molar refractivity (Wildman–Crippen MR) is 76.2 cm³/mol. The molecular formula is C16H21FN2O. The molecule has 2 aliphatic rings. The number of hydrogen-bond acceptors (Lipinski definition) is 2. The Morgan fingerprint density at radius 3 is 2.55 bits per heavy atom. The van der Waals surface area contributed by atoms with Crippen LogP contribution in [0.2, 0.25) is 0 Å². The Morgan fingerprint density at radius 2 is 1.95 bits per heavy atom. The van der Waals surface area contributed by atoms with Gasteiger partial charge in [-0.1, -0.05) is 0 Å². The van der Waals surface area contributed by atoms with E-state index >= 15 is 0 Å². The molecule has 2 atom stereocenters. The Morgan fingerprint density at radius 1 is 1.30 bits per heavy atom. The molecule has 2 unspecified atom stereocenters. The standard InChI is InChI=1S/C16H21FN2O/c1-10-7-11(17)3-6-15(10)16(20)19(2)14-8-12-4-5-13(9-14)18-12/h3,6-7,12-14,18H,4-5,8-9H2,1-2H3. The first-order valence-electron chi connectivity index (χ1n) is 7.34. The van der Waals surface area contributed by atoms with Crippen LogP contribution < -0.4 is 5.32 Å². The summed E-state index contributed by atoms with van der Waals surface area (Å²) < 4.78 is 13.1. The molecule has 1 N–H and O–H groups in total. The zero-order valence-corrected chi connectivity index (χ0v) is 12.0. The van der Waals surface area contributed by atoms with E-state index in [0.29, 0.717) is 29.3 Å². The number of amides is 1. The summed E-state index contributed by atoms with van der Waals surface area (Å²) in [5.41, 5.74) is 1.32. The van der Waals surface area contributed by atoms with Gasteiger partial charge in [0, 0.05) is 30.7 Å². The van der Waals surface area contributed by atoms with Crippen LogP contribution in [0.25, 0.3) is 0 Å². The van der Waals surface area contributed by atoms with Crippen molar-refractivity contribution in [3.63, 3.8) is 0 Å². The monoisotopic (exact) mass is 276 g/mol. The van der Waals surface area contributed by atoms with Crippen molar-refractivity contribution >= 4 is 5.91 Å². The fourth-order valence-corrected chi connectivity index (χ4v) is 3.57. The molecule has 0 spiro atoms. The zero-order valence-electron chi connectivity index (χ0n) is 12.0. The fraction of sp³-hybridized carbons (Fsp3) is 0.562. The van der Waals surface area contributed by atoms with Gasteiger partial charge in [-0.05, 0) is 56.4 Å². The second-order valence-corrected chi connectivity index (χ2v) is 6.14. The molecule has 1 aromatic carbocycles. The van der Waals surface area contributed by atoms with E-state index in [9.17, 15) is 9.18 Å². The van der Waals surface area contributed by atoms with E-state index in [0.717, 1.165) is 12.8 Å². The average molecular weight is 276 g/mol. The summed E-state index contributed by atoms with van der Waals surface area (Å²) in [4.78, 5) is 14.4. The van der Waals surface area contributed by atoms with Crippen LogP contribution in [0, 0.1) is 12.7 Å². The number of carbonyl (C=O) groups excluding carboxylic acids is 1. The van der Waals surface area contributed by atoms with E-state index in [-0.39, 0.29) is 11.7 Å². The number of hydrogen-bond donors (Lipinski definition) is 1. The van der Waals surface area contributed by atoms with E-state index in [2.05, 4.69) is 5.32 Å². The highest BCUT2D eigenvalue weighted by Gasteiger charge is 2.36. The molecule has 3 rings (SSSR count). The lowest BCUT2D eigenvalue weighted by Gasteiger charge is -2.35. The van der Waals surface area contributed by atoms with Crippen molar-refractivity contribution in [3.8, 4) is 0 Å². The van der Waals surface area contributed by atoms with Crippen molar-refractivity contribution in [1.82, 2.24) is 10.2 Å². The lowest BCUT2D eigenvalue weighted by atomic mass is 9.97. The number of piperidine rings is 1. The van der Waals surface area contributed by atoms with Gasteiger partial charge >= 0.3 is 0 Å². The van der Waals surface area contributed by atoms with Gasteiger partial charge in [-0.15, -0.1) is 0 Å². The maximum absolute atomic E-state index is 13.1. The minimum absolute atomic E-state index is 0.00815. The van der Waals surface area contributed by atoms with Crippen LogP contribution in [0.4, 0.5) is 4.39 Å². The topological polar surface area (TPSA) is 32.3 Å². The van der Waals surface area contributed by atoms with Crippen LogP contribution in [0.1, 0.15) is 41.6 Å². The zero-order chi connectivity index (χ0) is 14.3. The Hall–Kier alpha value is -1.42. The summed E-state index contributed by atoms with van der Waals surface area (Å²) in [6.45, 7) is 1.79. The normalized spacial score (nSPS) is 28.4. The predicted octanol–water partition coefficient (Wildman–Crippen LogP) is 2.49. The molecule has 0 aliphatic carbocycles. The molecule has 0 aromatic heterocycles. The Bertz CT molecular complexity index is 519. The molecule has 2 saturated heterocycles. The molecule has 108 valence electrons. The van der Waals surface area contributed by atoms with E-state index in [4.69, 9.17) is 0 Å². The van der Waals surface area contributed by atoms with Crippen molar-refractivity contribution in [1.29, 1.82) is 0 Å². The lowest BCUT2D eigenvalue weighted by molar-refractivity contribution is 0.0681. The molecule has 1 amide bonds. The van der Waals surface area contributed by atoms with E-state index in [1.165, 1.54) is 25.0 Å². The van der Waals surface area contributed by atoms with E-state index in [1.54, 1.807) is 13.0 Å². The second kappa shape index (κ2) is 5.17. The highest BCUT2D eigenvalue weighted by atomic mass is 19.1. The van der Waals surface area contributed by atoms with Crippen LogP contribution in [0.5, 0.6) is 0 Å². The first-order chi connectivity index (χ1) is 9.54. The quantitative estimate of drug-likeness (QED) is 0.900. The van der Waals surface area contributed by atoms with Gasteiger partial charge in [0.05, 0.1) is 0 Å². The number of halogens is 1. The number of nitrogens with one attached hydrogen (secondary N) is 1. The van der Waals surface area contributed by atoms with Crippen molar-refractivity contribution in [3.05, 3.63) is 35.1 Å². The summed E-state index contributed by atoms with van der Waals surface area (Å²) in [7, 11) is 1.88.